The molecule has 2 heterocycles. The first kappa shape index (κ1) is 21.0. The number of carbonyl (C=O) groups excluding carboxylic acids is 1. The van der Waals surface area contributed by atoms with Gasteiger partial charge in [-0.05, 0) is 48.2 Å². The molecule has 0 radical (unpaired) electrons. The van der Waals surface area contributed by atoms with E-state index in [1.54, 1.807) is 24.5 Å². The summed E-state index contributed by atoms with van der Waals surface area (Å²) < 4.78 is 1.26. The number of carboxylic acid groups (broad SMARTS) is 1. The minimum atomic E-state index is -1.05. The molecule has 30 heavy (non-hydrogen) atoms. The molecule has 2 N–H and O–H groups in total. The molecule has 1 atom stereocenters. The zero-order valence-corrected chi connectivity index (χ0v) is 16.8. The summed E-state index contributed by atoms with van der Waals surface area (Å²) in [5, 5.41) is 12.1. The molecule has 7 nitrogen and oxygen atoms in total. The number of benzene rings is 1. The highest BCUT2D eigenvalue weighted by Crippen LogP contribution is 2.29. The van der Waals surface area contributed by atoms with Gasteiger partial charge in [-0.3, -0.25) is 19.4 Å². The van der Waals surface area contributed by atoms with Gasteiger partial charge in [-0.25, -0.2) is 0 Å². The predicted molar refractivity (Wildman–Crippen MR) is 113 cm³/mol. The highest BCUT2D eigenvalue weighted by atomic mass is 16.4. The molecule has 154 valence electrons. The summed E-state index contributed by atoms with van der Waals surface area (Å²) in [6.07, 6.45) is 4.49. The molecular formula is C23H23N3O4. The number of hydrogen-bond donors (Lipinski definition) is 2. The highest BCUT2D eigenvalue weighted by Gasteiger charge is 2.20. The van der Waals surface area contributed by atoms with Gasteiger partial charge in [0.1, 0.15) is 6.54 Å². The molecule has 0 aliphatic carbocycles. The first-order valence-electron chi connectivity index (χ1n) is 9.53. The van der Waals surface area contributed by atoms with Crippen molar-refractivity contribution in [1.29, 1.82) is 0 Å². The summed E-state index contributed by atoms with van der Waals surface area (Å²) >= 11 is 0. The number of aryl methyl sites for hydroxylation is 2. The van der Waals surface area contributed by atoms with Crippen LogP contribution < -0.4 is 10.9 Å². The molecule has 0 unspecified atom stereocenters. The second kappa shape index (κ2) is 9.17. The molecule has 3 rings (SSSR count). The molecule has 3 aromatic rings. The van der Waals surface area contributed by atoms with Crippen LogP contribution in [0.4, 0.5) is 0 Å². The lowest BCUT2D eigenvalue weighted by Crippen LogP contribution is -2.35. The number of hydrogen-bond acceptors (Lipinski definition) is 4. The van der Waals surface area contributed by atoms with Crippen molar-refractivity contribution in [3.05, 3.63) is 88.1 Å². The van der Waals surface area contributed by atoms with Gasteiger partial charge >= 0.3 is 5.97 Å². The average molecular weight is 405 g/mol. The van der Waals surface area contributed by atoms with Gasteiger partial charge in [-0.2, -0.15) is 0 Å². The maximum atomic E-state index is 12.5. The highest BCUT2D eigenvalue weighted by molar-refractivity contribution is 5.78. The Hall–Kier alpha value is -3.74. The maximum Gasteiger partial charge on any atom is 0.305 e. The molecule has 1 amide bonds. The van der Waals surface area contributed by atoms with Crippen LogP contribution in [0.15, 0.2) is 65.8 Å². The lowest BCUT2D eigenvalue weighted by atomic mass is 9.94. The molecule has 1 aromatic carbocycles. The van der Waals surface area contributed by atoms with E-state index < -0.39 is 17.9 Å². The van der Waals surface area contributed by atoms with E-state index >= 15 is 0 Å². The minimum absolute atomic E-state index is 0.195. The number of rotatable bonds is 7. The van der Waals surface area contributed by atoms with E-state index in [1.165, 1.54) is 16.8 Å². The van der Waals surface area contributed by atoms with Crippen molar-refractivity contribution in [3.63, 3.8) is 0 Å². The molecule has 0 fully saturated rings. The third-order valence-electron chi connectivity index (χ3n) is 4.86. The summed E-state index contributed by atoms with van der Waals surface area (Å²) in [4.78, 5) is 40.0. The van der Waals surface area contributed by atoms with Crippen molar-refractivity contribution >= 4 is 11.9 Å². The Labute approximate surface area is 174 Å². The Morgan fingerprint density at radius 2 is 1.83 bits per heavy atom. The van der Waals surface area contributed by atoms with Gasteiger partial charge < -0.3 is 15.0 Å². The van der Waals surface area contributed by atoms with E-state index in [0.717, 1.165) is 22.3 Å². The SMILES string of the molecule is Cc1cccc(C)c1-c1cncc([C@@H](CC(=O)O)NC(=O)Cn2ccccc2=O)c1. The number of amides is 1. The quantitative estimate of drug-likeness (QED) is 0.629. The van der Waals surface area contributed by atoms with E-state index in [2.05, 4.69) is 10.3 Å². The predicted octanol–water partition coefficient (Wildman–Crippen LogP) is 2.86. The second-order valence-corrected chi connectivity index (χ2v) is 7.16. The molecule has 2 aromatic heterocycles. The zero-order valence-electron chi connectivity index (χ0n) is 16.8. The van der Waals surface area contributed by atoms with Crippen LogP contribution in [0.3, 0.4) is 0 Å². The van der Waals surface area contributed by atoms with Crippen LogP contribution >= 0.6 is 0 Å². The van der Waals surface area contributed by atoms with Crippen LogP contribution in [0.25, 0.3) is 11.1 Å². The fourth-order valence-electron chi connectivity index (χ4n) is 3.47. The number of carbonyl (C=O) groups is 2. The smallest absolute Gasteiger partial charge is 0.305 e. The maximum absolute atomic E-state index is 12.5. The lowest BCUT2D eigenvalue weighted by Gasteiger charge is -2.19. The Bertz CT molecular complexity index is 1120. The van der Waals surface area contributed by atoms with E-state index in [1.807, 2.05) is 38.1 Å². The van der Waals surface area contributed by atoms with Crippen molar-refractivity contribution in [2.45, 2.75) is 32.9 Å². The molecular weight excluding hydrogens is 382 g/mol. The Morgan fingerprint density at radius 1 is 1.10 bits per heavy atom. The monoisotopic (exact) mass is 405 g/mol. The van der Waals surface area contributed by atoms with Gasteiger partial charge in [-0.1, -0.05) is 24.3 Å². The first-order chi connectivity index (χ1) is 14.3. The summed E-state index contributed by atoms with van der Waals surface area (Å²) in [6.45, 7) is 3.81. The number of aromatic nitrogens is 2. The second-order valence-electron chi connectivity index (χ2n) is 7.16. The van der Waals surface area contributed by atoms with Gasteiger partial charge in [-0.15, -0.1) is 0 Å². The fourth-order valence-corrected chi connectivity index (χ4v) is 3.47. The zero-order chi connectivity index (χ0) is 21.7. The number of aliphatic carboxylic acids is 1. The van der Waals surface area contributed by atoms with Crippen molar-refractivity contribution in [3.8, 4) is 11.1 Å². The molecule has 0 aliphatic heterocycles. The number of pyridine rings is 2. The Morgan fingerprint density at radius 3 is 2.50 bits per heavy atom. The summed E-state index contributed by atoms with van der Waals surface area (Å²) in [6, 6.07) is 11.7. The van der Waals surface area contributed by atoms with Gasteiger partial charge in [0.05, 0.1) is 12.5 Å². The topological polar surface area (TPSA) is 101 Å². The molecule has 0 aliphatic rings. The Balaban J connectivity index is 1.89. The van der Waals surface area contributed by atoms with E-state index in [-0.39, 0.29) is 18.5 Å². The fraction of sp³-hybridized carbons (Fsp3) is 0.217. The standard InChI is InChI=1S/C23H23N3O4/c1-15-6-5-7-16(2)23(15)18-10-17(12-24-13-18)19(11-22(29)30)25-20(27)14-26-9-4-3-8-21(26)28/h3-10,12-13,19H,11,14H2,1-2H3,(H,25,27)(H,29,30)/t19-/m1/s1. The summed E-state index contributed by atoms with van der Waals surface area (Å²) in [7, 11) is 0. The largest absolute Gasteiger partial charge is 0.481 e. The van der Waals surface area contributed by atoms with Crippen LogP contribution in [0.1, 0.15) is 29.2 Å². The van der Waals surface area contributed by atoms with Crippen LogP contribution in [0.2, 0.25) is 0 Å². The summed E-state index contributed by atoms with van der Waals surface area (Å²) in [5.74, 6) is -1.50. The van der Waals surface area contributed by atoms with Gasteiger partial charge in [0.15, 0.2) is 0 Å². The van der Waals surface area contributed by atoms with Crippen molar-refractivity contribution in [2.75, 3.05) is 0 Å². The van der Waals surface area contributed by atoms with E-state index in [0.29, 0.717) is 5.56 Å². The molecule has 0 bridgehead atoms. The van der Waals surface area contributed by atoms with Crippen LogP contribution in [-0.4, -0.2) is 26.5 Å². The van der Waals surface area contributed by atoms with Crippen molar-refractivity contribution < 1.29 is 14.7 Å². The normalized spacial score (nSPS) is 11.7. The first-order valence-corrected chi connectivity index (χ1v) is 9.53. The Kier molecular flexibility index (Phi) is 6.41. The van der Waals surface area contributed by atoms with Crippen LogP contribution in [-0.2, 0) is 16.1 Å². The van der Waals surface area contributed by atoms with Gasteiger partial charge in [0, 0.05) is 30.2 Å². The summed E-state index contributed by atoms with van der Waals surface area (Å²) in [5.41, 5.74) is 4.33. The minimum Gasteiger partial charge on any atom is -0.481 e. The van der Waals surface area contributed by atoms with Gasteiger partial charge in [0.2, 0.25) is 5.91 Å². The van der Waals surface area contributed by atoms with Crippen molar-refractivity contribution in [1.82, 2.24) is 14.9 Å². The van der Waals surface area contributed by atoms with E-state index in [4.69, 9.17) is 0 Å². The average Bonchev–Trinajstić information content (AvgIpc) is 2.69. The third kappa shape index (κ3) is 5.00. The number of carboxylic acids is 1. The van der Waals surface area contributed by atoms with Gasteiger partial charge in [0.25, 0.3) is 5.56 Å². The lowest BCUT2D eigenvalue weighted by molar-refractivity contribution is -0.137. The molecule has 0 saturated carbocycles. The number of nitrogens with zero attached hydrogens (tertiary/aromatic N) is 2. The third-order valence-corrected chi connectivity index (χ3v) is 4.86. The van der Waals surface area contributed by atoms with Crippen molar-refractivity contribution in [2.24, 2.45) is 0 Å². The van der Waals surface area contributed by atoms with E-state index in [9.17, 15) is 19.5 Å². The van der Waals surface area contributed by atoms with Crippen LogP contribution in [0.5, 0.6) is 0 Å². The molecule has 7 heteroatoms. The van der Waals surface area contributed by atoms with Crippen LogP contribution in [0, 0.1) is 13.8 Å². The number of nitrogens with one attached hydrogen (secondary N) is 1. The molecule has 0 spiro atoms. The molecule has 0 saturated heterocycles.